The fourth-order valence-electron chi connectivity index (χ4n) is 3.96. The monoisotopic (exact) mass is 378 g/mol. The zero-order chi connectivity index (χ0) is 18.4. The van der Waals surface area contributed by atoms with Gasteiger partial charge in [0.1, 0.15) is 0 Å². The van der Waals surface area contributed by atoms with Crippen LogP contribution < -0.4 is 5.32 Å². The first kappa shape index (κ1) is 18.5. The highest BCUT2D eigenvalue weighted by Crippen LogP contribution is 2.36. The highest BCUT2D eigenvalue weighted by Gasteiger charge is 2.39. The van der Waals surface area contributed by atoms with Gasteiger partial charge in [-0.05, 0) is 39.7 Å². The third-order valence-corrected chi connectivity index (χ3v) is 5.87. The van der Waals surface area contributed by atoms with Crippen LogP contribution in [0.2, 0.25) is 5.02 Å². The van der Waals surface area contributed by atoms with E-state index in [9.17, 15) is 18.0 Å². The third kappa shape index (κ3) is 3.79. The van der Waals surface area contributed by atoms with Crippen LogP contribution in [-0.2, 0) is 17.5 Å². The Morgan fingerprint density at radius 1 is 1.32 bits per heavy atom. The Kier molecular flexibility index (Phi) is 5.03. The van der Waals surface area contributed by atoms with Crippen LogP contribution in [0.1, 0.15) is 43.5 Å². The molecule has 0 spiro atoms. The number of piperidine rings is 1. The number of carbonyl (C=O) groups excluding carboxylic acids is 1. The number of carbonyl (C=O) groups is 1. The van der Waals surface area contributed by atoms with E-state index in [1.54, 1.807) is 0 Å². The summed E-state index contributed by atoms with van der Waals surface area (Å²) >= 11 is 5.71. The van der Waals surface area contributed by atoms with Gasteiger partial charge in [-0.2, -0.15) is 18.3 Å². The van der Waals surface area contributed by atoms with Gasteiger partial charge in [-0.3, -0.25) is 9.48 Å². The summed E-state index contributed by atoms with van der Waals surface area (Å²) in [6.45, 7) is 1.55. The molecule has 25 heavy (non-hydrogen) atoms. The molecule has 1 amide bonds. The first-order valence-electron chi connectivity index (χ1n) is 8.48. The molecule has 1 N–H and O–H groups in total. The molecule has 1 aromatic rings. The number of hydrogen-bond donors (Lipinski definition) is 1. The molecule has 3 rings (SSSR count). The summed E-state index contributed by atoms with van der Waals surface area (Å²) < 4.78 is 39.6. The predicted molar refractivity (Wildman–Crippen MR) is 87.3 cm³/mol. The van der Waals surface area contributed by atoms with Crippen LogP contribution in [-0.4, -0.2) is 45.8 Å². The van der Waals surface area contributed by atoms with Crippen LogP contribution in [0.3, 0.4) is 0 Å². The minimum Gasteiger partial charge on any atom is -0.353 e. The van der Waals surface area contributed by atoms with Crippen molar-refractivity contribution in [3.05, 3.63) is 16.4 Å². The summed E-state index contributed by atoms with van der Waals surface area (Å²) in [6.07, 6.45) is -0.314. The number of nitrogens with zero attached hydrogens (tertiary/aromatic N) is 3. The normalized spacial score (nSPS) is 26.9. The van der Waals surface area contributed by atoms with E-state index in [0.717, 1.165) is 17.5 Å². The average Bonchev–Trinajstić information content (AvgIpc) is 2.91. The van der Waals surface area contributed by atoms with E-state index in [4.69, 9.17) is 11.6 Å². The number of amides is 1. The number of aryl methyl sites for hydroxylation is 1. The van der Waals surface area contributed by atoms with Gasteiger partial charge in [0.2, 0.25) is 5.91 Å². The SMILES string of the molecule is Cc1c(Cl)c(C(F)(F)F)nn1CCC(=O)NC1CC2CCC(C1)N2C. The molecular weight excluding hydrogens is 357 g/mol. The second-order valence-corrected chi connectivity index (χ2v) is 7.38. The predicted octanol–water partition coefficient (Wildman–Crippen LogP) is 3.00. The van der Waals surface area contributed by atoms with Gasteiger partial charge in [-0.1, -0.05) is 11.6 Å². The molecule has 2 bridgehead atoms. The van der Waals surface area contributed by atoms with E-state index >= 15 is 0 Å². The van der Waals surface area contributed by atoms with Crippen molar-refractivity contribution in [3.8, 4) is 0 Å². The molecule has 2 aliphatic rings. The number of aromatic nitrogens is 2. The topological polar surface area (TPSA) is 50.2 Å². The van der Waals surface area contributed by atoms with E-state index in [-0.39, 0.29) is 30.6 Å². The van der Waals surface area contributed by atoms with E-state index in [2.05, 4.69) is 22.4 Å². The largest absolute Gasteiger partial charge is 0.436 e. The molecule has 0 radical (unpaired) electrons. The fraction of sp³-hybridized carbons (Fsp3) is 0.750. The lowest BCUT2D eigenvalue weighted by Crippen LogP contribution is -2.48. The molecule has 140 valence electrons. The lowest BCUT2D eigenvalue weighted by atomic mass is 9.98. The fourth-order valence-corrected chi connectivity index (χ4v) is 4.20. The van der Waals surface area contributed by atoms with Gasteiger partial charge < -0.3 is 10.2 Å². The van der Waals surface area contributed by atoms with E-state index in [0.29, 0.717) is 12.1 Å². The first-order chi connectivity index (χ1) is 11.7. The van der Waals surface area contributed by atoms with Crippen molar-refractivity contribution in [1.82, 2.24) is 20.0 Å². The van der Waals surface area contributed by atoms with Crippen molar-refractivity contribution in [2.24, 2.45) is 0 Å². The molecule has 0 aliphatic carbocycles. The summed E-state index contributed by atoms with van der Waals surface area (Å²) in [5.41, 5.74) is -0.877. The maximum atomic E-state index is 12.8. The number of fused-ring (bicyclic) bond motifs is 2. The Bertz CT molecular complexity index is 647. The van der Waals surface area contributed by atoms with E-state index < -0.39 is 16.9 Å². The highest BCUT2D eigenvalue weighted by molar-refractivity contribution is 6.31. The minimum absolute atomic E-state index is 0.0763. The van der Waals surface area contributed by atoms with Crippen LogP contribution in [0.15, 0.2) is 0 Å². The van der Waals surface area contributed by atoms with Gasteiger partial charge in [0.15, 0.2) is 5.69 Å². The summed E-state index contributed by atoms with van der Waals surface area (Å²) in [4.78, 5) is 14.6. The third-order valence-electron chi connectivity index (χ3n) is 5.42. The molecule has 2 saturated heterocycles. The molecule has 5 nitrogen and oxygen atoms in total. The number of rotatable bonds is 4. The van der Waals surface area contributed by atoms with Crippen molar-refractivity contribution in [1.29, 1.82) is 0 Å². The molecular formula is C16H22ClF3N4O. The Balaban J connectivity index is 1.55. The van der Waals surface area contributed by atoms with Crippen LogP contribution >= 0.6 is 11.6 Å². The Morgan fingerprint density at radius 2 is 1.92 bits per heavy atom. The van der Waals surface area contributed by atoms with Crippen molar-refractivity contribution < 1.29 is 18.0 Å². The van der Waals surface area contributed by atoms with Crippen LogP contribution in [0, 0.1) is 6.92 Å². The molecule has 2 fully saturated rings. The molecule has 3 heterocycles. The van der Waals surface area contributed by atoms with E-state index in [1.165, 1.54) is 19.8 Å². The first-order valence-corrected chi connectivity index (χ1v) is 8.86. The van der Waals surface area contributed by atoms with Gasteiger partial charge in [-0.25, -0.2) is 0 Å². The van der Waals surface area contributed by atoms with E-state index in [1.807, 2.05) is 0 Å². The zero-order valence-electron chi connectivity index (χ0n) is 14.2. The van der Waals surface area contributed by atoms with Gasteiger partial charge in [0, 0.05) is 24.5 Å². The van der Waals surface area contributed by atoms with Crippen LogP contribution in [0.25, 0.3) is 0 Å². The average molecular weight is 379 g/mol. The Hall–Kier alpha value is -1.28. The summed E-state index contributed by atoms with van der Waals surface area (Å²) in [7, 11) is 2.13. The lowest BCUT2D eigenvalue weighted by molar-refractivity contribution is -0.141. The summed E-state index contributed by atoms with van der Waals surface area (Å²) in [6, 6.07) is 1.19. The van der Waals surface area contributed by atoms with Crippen molar-refractivity contribution in [3.63, 3.8) is 0 Å². The molecule has 1 aromatic heterocycles. The molecule has 0 aromatic carbocycles. The van der Waals surface area contributed by atoms with Gasteiger partial charge >= 0.3 is 6.18 Å². The number of halogens is 4. The molecule has 2 aliphatic heterocycles. The van der Waals surface area contributed by atoms with Gasteiger partial charge in [-0.15, -0.1) is 0 Å². The van der Waals surface area contributed by atoms with Crippen molar-refractivity contribution in [2.75, 3.05) is 7.05 Å². The lowest BCUT2D eigenvalue weighted by Gasteiger charge is -2.36. The standard InChI is InChI=1S/C16H22ClF3N4O/c1-9-14(17)15(16(18,19)20)22-24(9)6-5-13(25)21-10-7-11-3-4-12(8-10)23(11)2/h10-12H,3-8H2,1-2H3,(H,21,25). The van der Waals surface area contributed by atoms with Crippen LogP contribution in [0.5, 0.6) is 0 Å². The maximum Gasteiger partial charge on any atom is 0.436 e. The number of hydrogen-bond acceptors (Lipinski definition) is 3. The molecule has 2 unspecified atom stereocenters. The van der Waals surface area contributed by atoms with Gasteiger partial charge in [0.25, 0.3) is 0 Å². The van der Waals surface area contributed by atoms with Crippen molar-refractivity contribution >= 4 is 17.5 Å². The molecule has 2 atom stereocenters. The van der Waals surface area contributed by atoms with Crippen molar-refractivity contribution in [2.45, 2.75) is 69.9 Å². The quantitative estimate of drug-likeness (QED) is 0.876. The highest BCUT2D eigenvalue weighted by atomic mass is 35.5. The second kappa shape index (κ2) is 6.79. The zero-order valence-corrected chi connectivity index (χ0v) is 15.0. The van der Waals surface area contributed by atoms with Gasteiger partial charge in [0.05, 0.1) is 17.3 Å². The Labute approximate surface area is 149 Å². The number of alkyl halides is 3. The minimum atomic E-state index is -4.59. The molecule has 9 heteroatoms. The number of nitrogens with one attached hydrogen (secondary N) is 1. The van der Waals surface area contributed by atoms with Crippen LogP contribution in [0.4, 0.5) is 13.2 Å². The Morgan fingerprint density at radius 3 is 2.44 bits per heavy atom. The maximum absolute atomic E-state index is 12.8. The summed E-state index contributed by atoms with van der Waals surface area (Å²) in [5.74, 6) is -0.159. The smallest absolute Gasteiger partial charge is 0.353 e. The second-order valence-electron chi connectivity index (χ2n) is 7.01. The summed E-state index contributed by atoms with van der Waals surface area (Å²) in [5, 5.41) is 6.13. The molecule has 0 saturated carbocycles.